The van der Waals surface area contributed by atoms with Gasteiger partial charge in [0.15, 0.2) is 5.11 Å². The van der Waals surface area contributed by atoms with Crippen LogP contribution in [-0.4, -0.2) is 53.7 Å². The molecule has 0 radical (unpaired) electrons. The zero-order valence-corrected chi connectivity index (χ0v) is 17.9. The largest absolute Gasteiger partial charge is 0.494 e. The minimum Gasteiger partial charge on any atom is -0.494 e. The molecule has 4 nitrogen and oxygen atoms in total. The number of rotatable bonds is 5. The molecule has 1 saturated carbocycles. The highest BCUT2D eigenvalue weighted by atomic mass is 32.1. The fourth-order valence-electron chi connectivity index (χ4n) is 4.65. The molecule has 3 rings (SSSR count). The molecule has 27 heavy (non-hydrogen) atoms. The van der Waals surface area contributed by atoms with Crippen molar-refractivity contribution in [2.45, 2.75) is 64.5 Å². The van der Waals surface area contributed by atoms with Crippen LogP contribution in [0.5, 0.6) is 5.75 Å². The third-order valence-electron chi connectivity index (χ3n) is 6.33. The maximum Gasteiger partial charge on any atom is 0.173 e. The number of benzene rings is 1. The smallest absolute Gasteiger partial charge is 0.173 e. The quantitative estimate of drug-likeness (QED) is 0.733. The summed E-state index contributed by atoms with van der Waals surface area (Å²) in [6, 6.07) is 9.50. The van der Waals surface area contributed by atoms with E-state index in [-0.39, 0.29) is 0 Å². The molecular formula is C22H35N3OS. The summed E-state index contributed by atoms with van der Waals surface area (Å²) in [4.78, 5) is 5.00. The molecule has 5 heteroatoms. The fourth-order valence-corrected chi connectivity index (χ4v) is 4.95. The van der Waals surface area contributed by atoms with Gasteiger partial charge in [0.25, 0.3) is 0 Å². The first-order chi connectivity index (χ1) is 13.1. The normalized spacial score (nSPS) is 24.1. The summed E-state index contributed by atoms with van der Waals surface area (Å²) in [6.07, 6.45) is 7.97. The lowest BCUT2D eigenvalue weighted by atomic mass is 9.84. The average Bonchev–Trinajstić information content (AvgIpc) is 2.70. The average molecular weight is 390 g/mol. The van der Waals surface area contributed by atoms with Gasteiger partial charge >= 0.3 is 0 Å². The van der Waals surface area contributed by atoms with Crippen LogP contribution in [0.2, 0.25) is 0 Å². The number of anilines is 1. The molecule has 0 bridgehead atoms. The number of nitrogens with one attached hydrogen (secondary N) is 1. The lowest BCUT2D eigenvalue weighted by molar-refractivity contribution is 0.0691. The number of nitrogens with zero attached hydrogens (tertiary/aromatic N) is 2. The molecule has 2 aliphatic rings. The maximum absolute atomic E-state index is 5.66. The summed E-state index contributed by atoms with van der Waals surface area (Å²) in [5.74, 6) is 1.74. The van der Waals surface area contributed by atoms with Gasteiger partial charge in [-0.05, 0) is 82.1 Å². The lowest BCUT2D eigenvalue weighted by Gasteiger charge is -2.44. The molecule has 0 amide bonds. The van der Waals surface area contributed by atoms with Gasteiger partial charge in [0.2, 0.25) is 0 Å². The third kappa shape index (κ3) is 5.35. The Labute approximate surface area is 170 Å². The zero-order valence-electron chi connectivity index (χ0n) is 17.1. The second-order valence-electron chi connectivity index (χ2n) is 8.10. The summed E-state index contributed by atoms with van der Waals surface area (Å²) >= 11 is 5.66. The van der Waals surface area contributed by atoms with Gasteiger partial charge < -0.3 is 19.9 Å². The molecule has 2 atom stereocenters. The molecule has 0 spiro atoms. The Hall–Kier alpha value is -1.33. The molecule has 1 saturated heterocycles. The third-order valence-corrected chi connectivity index (χ3v) is 6.69. The maximum atomic E-state index is 5.66. The number of hydrogen-bond donors (Lipinski definition) is 1. The molecular weight excluding hydrogens is 354 g/mol. The van der Waals surface area contributed by atoms with Crippen molar-refractivity contribution in [2.24, 2.45) is 5.92 Å². The van der Waals surface area contributed by atoms with Gasteiger partial charge in [-0.25, -0.2) is 0 Å². The first-order valence-electron chi connectivity index (χ1n) is 10.6. The highest BCUT2D eigenvalue weighted by molar-refractivity contribution is 7.80. The molecule has 1 heterocycles. The number of thiocarbonyl (C=S) groups is 1. The highest BCUT2D eigenvalue weighted by Crippen LogP contribution is 2.30. The first kappa shape index (κ1) is 20.4. The van der Waals surface area contributed by atoms with E-state index < -0.39 is 0 Å². The van der Waals surface area contributed by atoms with Crippen molar-refractivity contribution in [3.63, 3.8) is 0 Å². The van der Waals surface area contributed by atoms with Crippen molar-refractivity contribution in [3.8, 4) is 5.75 Å². The zero-order chi connectivity index (χ0) is 19.2. The molecule has 150 valence electrons. The van der Waals surface area contributed by atoms with Crippen molar-refractivity contribution in [3.05, 3.63) is 24.3 Å². The van der Waals surface area contributed by atoms with E-state index in [4.69, 9.17) is 17.0 Å². The van der Waals surface area contributed by atoms with E-state index in [0.717, 1.165) is 41.6 Å². The van der Waals surface area contributed by atoms with Crippen molar-refractivity contribution in [1.29, 1.82) is 0 Å². The lowest BCUT2D eigenvalue weighted by Crippen LogP contribution is -2.51. The van der Waals surface area contributed by atoms with Crippen LogP contribution in [0.3, 0.4) is 0 Å². The molecule has 2 fully saturated rings. The Morgan fingerprint density at radius 2 is 1.81 bits per heavy atom. The Kier molecular flexibility index (Phi) is 7.36. The summed E-state index contributed by atoms with van der Waals surface area (Å²) in [7, 11) is 2.35. The SMILES string of the molecule is CCOc1ccc(NC(=S)N2CCC(N(C)[C@@H]3CCCC[C@H]3C)CC2)cc1. The van der Waals surface area contributed by atoms with Crippen molar-refractivity contribution >= 4 is 23.0 Å². The second-order valence-corrected chi connectivity index (χ2v) is 8.49. The van der Waals surface area contributed by atoms with Crippen LogP contribution >= 0.6 is 12.2 Å². The summed E-state index contributed by atoms with van der Waals surface area (Å²) in [6.45, 7) is 7.20. The van der Waals surface area contributed by atoms with Crippen LogP contribution in [0, 0.1) is 5.92 Å². The van der Waals surface area contributed by atoms with Crippen molar-refractivity contribution < 1.29 is 4.74 Å². The van der Waals surface area contributed by atoms with E-state index in [1.807, 2.05) is 31.2 Å². The number of likely N-dealkylation sites (tertiary alicyclic amines) is 1. The molecule has 1 aliphatic heterocycles. The van der Waals surface area contributed by atoms with Gasteiger partial charge in [0.05, 0.1) is 6.61 Å². The van der Waals surface area contributed by atoms with Crippen LogP contribution in [-0.2, 0) is 0 Å². The van der Waals surface area contributed by atoms with Crippen LogP contribution < -0.4 is 10.1 Å². The summed E-state index contributed by atoms with van der Waals surface area (Å²) in [5.41, 5.74) is 1.03. The van der Waals surface area contributed by atoms with E-state index in [1.165, 1.54) is 38.5 Å². The highest BCUT2D eigenvalue weighted by Gasteiger charge is 2.31. The van der Waals surface area contributed by atoms with E-state index in [2.05, 4.69) is 29.1 Å². The van der Waals surface area contributed by atoms with Gasteiger partial charge in [0.1, 0.15) is 5.75 Å². The van der Waals surface area contributed by atoms with Crippen LogP contribution in [0.25, 0.3) is 0 Å². The van der Waals surface area contributed by atoms with Gasteiger partial charge in [0, 0.05) is 30.9 Å². The number of piperidine rings is 1. The van der Waals surface area contributed by atoms with E-state index in [9.17, 15) is 0 Å². The molecule has 0 unspecified atom stereocenters. The van der Waals surface area contributed by atoms with Gasteiger partial charge in [-0.2, -0.15) is 0 Å². The molecule has 0 aromatic heterocycles. The van der Waals surface area contributed by atoms with Crippen LogP contribution in [0.15, 0.2) is 24.3 Å². The minimum atomic E-state index is 0.689. The molecule has 1 aliphatic carbocycles. The first-order valence-corrected chi connectivity index (χ1v) is 11.0. The monoisotopic (exact) mass is 389 g/mol. The van der Waals surface area contributed by atoms with E-state index in [1.54, 1.807) is 0 Å². The molecule has 1 aromatic carbocycles. The number of ether oxygens (including phenoxy) is 1. The number of hydrogen-bond acceptors (Lipinski definition) is 3. The van der Waals surface area contributed by atoms with E-state index >= 15 is 0 Å². The Morgan fingerprint density at radius 1 is 1.15 bits per heavy atom. The van der Waals surface area contributed by atoms with Crippen molar-refractivity contribution in [2.75, 3.05) is 32.1 Å². The molecule has 1 N–H and O–H groups in total. The van der Waals surface area contributed by atoms with E-state index in [0.29, 0.717) is 12.6 Å². The van der Waals surface area contributed by atoms with Crippen LogP contribution in [0.4, 0.5) is 5.69 Å². The standard InChI is InChI=1S/C22H35N3OS/c1-4-26-20-11-9-18(10-12-20)23-22(27)25-15-13-19(14-16-25)24(3)21-8-6-5-7-17(21)2/h9-12,17,19,21H,4-8,13-16H2,1-3H3,(H,23,27)/t17-,21-/m1/s1. The summed E-state index contributed by atoms with van der Waals surface area (Å²) < 4.78 is 5.50. The Morgan fingerprint density at radius 3 is 2.44 bits per heavy atom. The second kappa shape index (κ2) is 9.74. The Balaban J connectivity index is 1.47. The van der Waals surface area contributed by atoms with Crippen LogP contribution in [0.1, 0.15) is 52.4 Å². The predicted octanol–water partition coefficient (Wildman–Crippen LogP) is 4.76. The summed E-state index contributed by atoms with van der Waals surface area (Å²) in [5, 5.41) is 4.22. The topological polar surface area (TPSA) is 27.7 Å². The predicted molar refractivity (Wildman–Crippen MR) is 118 cm³/mol. The van der Waals surface area contributed by atoms with Gasteiger partial charge in [-0.1, -0.05) is 19.8 Å². The fraction of sp³-hybridized carbons (Fsp3) is 0.682. The van der Waals surface area contributed by atoms with Crippen molar-refractivity contribution in [1.82, 2.24) is 9.80 Å². The minimum absolute atomic E-state index is 0.689. The Bertz CT molecular complexity index is 598. The van der Waals surface area contributed by atoms with Gasteiger partial charge in [-0.15, -0.1) is 0 Å². The van der Waals surface area contributed by atoms with Gasteiger partial charge in [-0.3, -0.25) is 0 Å². The molecule has 1 aromatic rings.